The van der Waals surface area contributed by atoms with Gasteiger partial charge in [-0.3, -0.25) is 14.3 Å². The number of aromatic nitrogens is 4. The monoisotopic (exact) mass is 294 g/mol. The molecule has 0 aromatic carbocycles. The van der Waals surface area contributed by atoms with Crippen LogP contribution in [0.1, 0.15) is 5.69 Å². The Hall–Kier alpha value is -2.09. The summed E-state index contributed by atoms with van der Waals surface area (Å²) in [5.41, 5.74) is 0.562. The number of nitrogens with zero attached hydrogens (tertiary/aromatic N) is 4. The average Bonchev–Trinajstić information content (AvgIpc) is 2.81. The third-order valence-electron chi connectivity index (χ3n) is 2.55. The number of aryl methyl sites for hydroxylation is 3. The second-order valence-corrected chi connectivity index (χ2v) is 5.10. The van der Waals surface area contributed by atoms with Gasteiger partial charge in [0, 0.05) is 38.5 Å². The lowest BCUT2D eigenvalue weighted by Crippen LogP contribution is -2.15. The number of carboxylic acid groups (broad SMARTS) is 1. The minimum absolute atomic E-state index is 0.125. The Kier molecular flexibility index (Phi) is 4.57. The molecule has 0 amide bonds. The maximum Gasteiger partial charge on any atom is 0.313 e. The molecule has 2 rings (SSSR count). The van der Waals surface area contributed by atoms with E-state index in [1.807, 2.05) is 19.3 Å². The van der Waals surface area contributed by atoms with Gasteiger partial charge in [-0.2, -0.15) is 10.1 Å². The number of thioether (sulfide) groups is 1. The summed E-state index contributed by atoms with van der Waals surface area (Å²) >= 11 is 1.04. The van der Waals surface area contributed by atoms with E-state index in [1.165, 1.54) is 6.07 Å². The van der Waals surface area contributed by atoms with Crippen LogP contribution in [0.25, 0.3) is 0 Å². The molecule has 0 aliphatic heterocycles. The molecule has 0 spiro atoms. The van der Waals surface area contributed by atoms with Gasteiger partial charge in [-0.25, -0.2) is 0 Å². The lowest BCUT2D eigenvalue weighted by atomic mass is 10.3. The van der Waals surface area contributed by atoms with E-state index < -0.39 is 5.97 Å². The average molecular weight is 294 g/mol. The summed E-state index contributed by atoms with van der Waals surface area (Å²) in [6.45, 7) is 0.590. The van der Waals surface area contributed by atoms with Gasteiger partial charge in [-0.1, -0.05) is 11.8 Å². The van der Waals surface area contributed by atoms with Gasteiger partial charge in [-0.05, 0) is 6.07 Å². The van der Waals surface area contributed by atoms with Crippen molar-refractivity contribution >= 4 is 17.7 Å². The summed E-state index contributed by atoms with van der Waals surface area (Å²) in [6.07, 6.45) is 4.17. The van der Waals surface area contributed by atoms with Crippen LogP contribution in [0.2, 0.25) is 0 Å². The van der Waals surface area contributed by atoms with Crippen LogP contribution in [-0.2, 0) is 24.8 Å². The van der Waals surface area contributed by atoms with E-state index in [2.05, 4.69) is 10.1 Å². The highest BCUT2D eigenvalue weighted by Gasteiger charge is 2.07. The van der Waals surface area contributed by atoms with Crippen molar-refractivity contribution in [3.05, 3.63) is 40.6 Å². The molecule has 7 nitrogen and oxygen atoms in total. The second kappa shape index (κ2) is 6.38. The quantitative estimate of drug-likeness (QED) is 0.612. The van der Waals surface area contributed by atoms with Crippen molar-refractivity contribution in [1.82, 2.24) is 19.3 Å². The van der Waals surface area contributed by atoms with Gasteiger partial charge in [0.15, 0.2) is 5.16 Å². The van der Waals surface area contributed by atoms with Crippen molar-refractivity contribution in [2.45, 2.75) is 18.1 Å². The zero-order valence-corrected chi connectivity index (χ0v) is 11.7. The first-order valence-electron chi connectivity index (χ1n) is 5.95. The summed E-state index contributed by atoms with van der Waals surface area (Å²) in [4.78, 5) is 25.7. The van der Waals surface area contributed by atoms with Crippen LogP contribution in [0, 0.1) is 0 Å². The standard InChI is InChI=1S/C12H14N4O3S/c1-15-5-2-9(14-15)3-6-16-7-4-10(17)13-12(16)20-8-11(18)19/h2,4-5,7H,3,6,8H2,1H3,(H,18,19). The zero-order chi connectivity index (χ0) is 14.5. The lowest BCUT2D eigenvalue weighted by Gasteiger charge is -2.09. The molecule has 0 fully saturated rings. The Balaban J connectivity index is 2.09. The molecule has 8 heteroatoms. The van der Waals surface area contributed by atoms with Crippen LogP contribution < -0.4 is 5.56 Å². The third-order valence-corrected chi connectivity index (χ3v) is 3.53. The predicted octanol–water partition coefficient (Wildman–Crippen LogP) is 0.396. The van der Waals surface area contributed by atoms with E-state index in [0.29, 0.717) is 18.1 Å². The molecule has 2 heterocycles. The molecule has 0 aliphatic carbocycles. The number of carbonyl (C=O) groups is 1. The van der Waals surface area contributed by atoms with Gasteiger partial charge in [-0.15, -0.1) is 0 Å². The first-order valence-corrected chi connectivity index (χ1v) is 6.94. The molecule has 0 radical (unpaired) electrons. The summed E-state index contributed by atoms with van der Waals surface area (Å²) in [7, 11) is 1.85. The molecule has 0 atom stereocenters. The van der Waals surface area contributed by atoms with Gasteiger partial charge in [0.05, 0.1) is 11.4 Å². The van der Waals surface area contributed by atoms with Crippen molar-refractivity contribution in [3.8, 4) is 0 Å². The normalized spacial score (nSPS) is 10.7. The van der Waals surface area contributed by atoms with Crippen LogP contribution >= 0.6 is 11.8 Å². The molecule has 106 valence electrons. The second-order valence-electron chi connectivity index (χ2n) is 4.15. The van der Waals surface area contributed by atoms with Crippen LogP contribution in [0.3, 0.4) is 0 Å². The van der Waals surface area contributed by atoms with Gasteiger partial charge in [0.25, 0.3) is 5.56 Å². The van der Waals surface area contributed by atoms with Crippen molar-refractivity contribution in [2.24, 2.45) is 7.05 Å². The van der Waals surface area contributed by atoms with Gasteiger partial charge < -0.3 is 9.67 Å². The smallest absolute Gasteiger partial charge is 0.313 e. The lowest BCUT2D eigenvalue weighted by molar-refractivity contribution is -0.133. The Morgan fingerprint density at radius 2 is 2.20 bits per heavy atom. The van der Waals surface area contributed by atoms with Crippen molar-refractivity contribution < 1.29 is 9.90 Å². The summed E-state index contributed by atoms with van der Waals surface area (Å²) in [5, 5.41) is 13.4. The molecular weight excluding hydrogens is 280 g/mol. The van der Waals surface area contributed by atoms with Crippen molar-refractivity contribution in [1.29, 1.82) is 0 Å². The first-order chi connectivity index (χ1) is 9.54. The molecule has 0 unspecified atom stereocenters. The SMILES string of the molecule is Cn1ccc(CCn2ccc(=O)nc2SCC(=O)O)n1. The van der Waals surface area contributed by atoms with E-state index in [4.69, 9.17) is 5.11 Å². The third kappa shape index (κ3) is 3.95. The number of hydrogen-bond acceptors (Lipinski definition) is 5. The zero-order valence-electron chi connectivity index (χ0n) is 10.9. The topological polar surface area (TPSA) is 90.0 Å². The fraction of sp³-hybridized carbons (Fsp3) is 0.333. The van der Waals surface area contributed by atoms with Crippen molar-refractivity contribution in [2.75, 3.05) is 5.75 Å². The highest BCUT2D eigenvalue weighted by Crippen LogP contribution is 2.14. The van der Waals surface area contributed by atoms with E-state index in [9.17, 15) is 9.59 Å². The first kappa shape index (κ1) is 14.3. The van der Waals surface area contributed by atoms with Gasteiger partial charge >= 0.3 is 5.97 Å². The molecule has 0 saturated heterocycles. The van der Waals surface area contributed by atoms with Gasteiger partial charge in [0.1, 0.15) is 0 Å². The van der Waals surface area contributed by atoms with Crippen LogP contribution in [0.4, 0.5) is 0 Å². The Morgan fingerprint density at radius 3 is 2.85 bits per heavy atom. The maximum absolute atomic E-state index is 11.3. The largest absolute Gasteiger partial charge is 0.481 e. The fourth-order valence-corrected chi connectivity index (χ4v) is 2.38. The Labute approximate surface area is 119 Å². The van der Waals surface area contributed by atoms with E-state index in [-0.39, 0.29) is 11.3 Å². The van der Waals surface area contributed by atoms with Crippen LogP contribution in [0.15, 0.2) is 34.5 Å². The molecule has 1 N–H and O–H groups in total. The molecule has 0 saturated carbocycles. The summed E-state index contributed by atoms with van der Waals surface area (Å²) < 4.78 is 3.49. The van der Waals surface area contributed by atoms with Crippen LogP contribution in [-0.4, -0.2) is 36.2 Å². The maximum atomic E-state index is 11.3. The van der Waals surface area contributed by atoms with Gasteiger partial charge in [0.2, 0.25) is 0 Å². The number of hydrogen-bond donors (Lipinski definition) is 1. The highest BCUT2D eigenvalue weighted by molar-refractivity contribution is 7.99. The molecule has 0 bridgehead atoms. The molecule has 0 aliphatic rings. The summed E-state index contributed by atoms with van der Waals surface area (Å²) in [5.74, 6) is -1.07. The molecule has 2 aromatic rings. The molecular formula is C12H14N4O3S. The minimum atomic E-state index is -0.940. The Morgan fingerprint density at radius 1 is 1.40 bits per heavy atom. The minimum Gasteiger partial charge on any atom is -0.481 e. The number of carboxylic acids is 1. The fourth-order valence-electron chi connectivity index (χ4n) is 1.66. The highest BCUT2D eigenvalue weighted by atomic mass is 32.2. The molecule has 20 heavy (non-hydrogen) atoms. The van der Waals surface area contributed by atoms with E-state index >= 15 is 0 Å². The number of aliphatic carboxylic acids is 1. The van der Waals surface area contributed by atoms with E-state index in [0.717, 1.165) is 17.5 Å². The Bertz CT molecular complexity index is 665. The van der Waals surface area contributed by atoms with E-state index in [1.54, 1.807) is 15.4 Å². The van der Waals surface area contributed by atoms with Crippen molar-refractivity contribution in [3.63, 3.8) is 0 Å². The summed E-state index contributed by atoms with van der Waals surface area (Å²) in [6, 6.07) is 3.28. The molecule has 2 aromatic heterocycles. The number of rotatable bonds is 6. The van der Waals surface area contributed by atoms with Crippen LogP contribution in [0.5, 0.6) is 0 Å². The predicted molar refractivity (Wildman–Crippen MR) is 73.8 cm³/mol.